The van der Waals surface area contributed by atoms with Crippen molar-refractivity contribution < 1.29 is 14.3 Å². The number of benzene rings is 1. The molecule has 1 aromatic rings. The minimum Gasteiger partial charge on any atom is -0.495 e. The van der Waals surface area contributed by atoms with Crippen LogP contribution in [0.3, 0.4) is 0 Å². The van der Waals surface area contributed by atoms with Crippen molar-refractivity contribution >= 4 is 29.1 Å². The molecule has 2 heterocycles. The van der Waals surface area contributed by atoms with Crippen LogP contribution in [0.15, 0.2) is 18.2 Å². The number of anilines is 1. The van der Waals surface area contributed by atoms with Gasteiger partial charge in [-0.2, -0.15) is 0 Å². The molecule has 0 bridgehead atoms. The largest absolute Gasteiger partial charge is 0.495 e. The third kappa shape index (κ3) is 3.35. The van der Waals surface area contributed by atoms with Gasteiger partial charge in [-0.25, -0.2) is 0 Å². The van der Waals surface area contributed by atoms with Crippen LogP contribution in [0, 0.1) is 5.92 Å². The van der Waals surface area contributed by atoms with Gasteiger partial charge in [0, 0.05) is 37.1 Å². The van der Waals surface area contributed by atoms with Crippen molar-refractivity contribution in [2.45, 2.75) is 25.3 Å². The van der Waals surface area contributed by atoms with Gasteiger partial charge in [-0.15, -0.1) is 0 Å². The molecule has 2 fully saturated rings. The lowest BCUT2D eigenvalue weighted by Crippen LogP contribution is -2.48. The maximum Gasteiger partial charge on any atom is 0.228 e. The SMILES string of the molecule is COc1ccc(Cl)cc1N1CC(C(=O)N2CCCC(N)C2)CC1=O. The number of carbonyl (C=O) groups is 2. The Morgan fingerprint density at radius 3 is 2.88 bits per heavy atom. The van der Waals surface area contributed by atoms with Crippen LogP contribution in [-0.4, -0.2) is 49.5 Å². The highest BCUT2D eigenvalue weighted by atomic mass is 35.5. The van der Waals surface area contributed by atoms with Crippen molar-refractivity contribution in [3.05, 3.63) is 23.2 Å². The quantitative estimate of drug-likeness (QED) is 0.898. The van der Waals surface area contributed by atoms with Crippen LogP contribution in [0.2, 0.25) is 5.02 Å². The maximum absolute atomic E-state index is 12.7. The fraction of sp³-hybridized carbons (Fsp3) is 0.529. The highest BCUT2D eigenvalue weighted by Gasteiger charge is 2.39. The summed E-state index contributed by atoms with van der Waals surface area (Å²) in [6.45, 7) is 1.64. The first-order valence-electron chi connectivity index (χ1n) is 8.18. The van der Waals surface area contributed by atoms with E-state index >= 15 is 0 Å². The lowest BCUT2D eigenvalue weighted by molar-refractivity contribution is -0.136. The number of carbonyl (C=O) groups excluding carboxylic acids is 2. The van der Waals surface area contributed by atoms with Crippen molar-refractivity contribution in [3.63, 3.8) is 0 Å². The number of methoxy groups -OCH3 is 1. The second-order valence-electron chi connectivity index (χ2n) is 6.41. The summed E-state index contributed by atoms with van der Waals surface area (Å²) >= 11 is 6.05. The van der Waals surface area contributed by atoms with Crippen molar-refractivity contribution in [1.29, 1.82) is 0 Å². The van der Waals surface area contributed by atoms with E-state index in [1.54, 1.807) is 35.1 Å². The van der Waals surface area contributed by atoms with Crippen molar-refractivity contribution in [2.75, 3.05) is 31.6 Å². The van der Waals surface area contributed by atoms with E-state index in [2.05, 4.69) is 0 Å². The number of amides is 2. The van der Waals surface area contributed by atoms with Gasteiger partial charge >= 0.3 is 0 Å². The third-order valence-corrected chi connectivity index (χ3v) is 4.91. The average molecular weight is 352 g/mol. The number of rotatable bonds is 3. The molecule has 2 N–H and O–H groups in total. The molecule has 0 aromatic heterocycles. The first kappa shape index (κ1) is 17.0. The fourth-order valence-corrected chi connectivity index (χ4v) is 3.61. The summed E-state index contributed by atoms with van der Waals surface area (Å²) in [7, 11) is 1.55. The van der Waals surface area contributed by atoms with E-state index in [1.165, 1.54) is 0 Å². The minimum absolute atomic E-state index is 0.0157. The number of halogens is 1. The van der Waals surface area contributed by atoms with Crippen LogP contribution >= 0.6 is 11.6 Å². The van der Waals surface area contributed by atoms with E-state index in [-0.39, 0.29) is 30.2 Å². The molecular weight excluding hydrogens is 330 g/mol. The van der Waals surface area contributed by atoms with Crippen LogP contribution in [0.4, 0.5) is 5.69 Å². The fourth-order valence-electron chi connectivity index (χ4n) is 3.45. The molecule has 130 valence electrons. The topological polar surface area (TPSA) is 75.9 Å². The number of nitrogens with zero attached hydrogens (tertiary/aromatic N) is 2. The molecule has 2 aliphatic rings. The predicted octanol–water partition coefficient (Wildman–Crippen LogP) is 1.65. The molecule has 0 radical (unpaired) electrons. The van der Waals surface area contributed by atoms with Gasteiger partial charge in [0.1, 0.15) is 5.75 Å². The van der Waals surface area contributed by atoms with Crippen molar-refractivity contribution in [1.82, 2.24) is 4.90 Å². The minimum atomic E-state index is -0.341. The third-order valence-electron chi connectivity index (χ3n) is 4.68. The molecule has 2 saturated heterocycles. The maximum atomic E-state index is 12.7. The lowest BCUT2D eigenvalue weighted by Gasteiger charge is -2.32. The van der Waals surface area contributed by atoms with Gasteiger partial charge < -0.3 is 20.3 Å². The van der Waals surface area contributed by atoms with Gasteiger partial charge in [-0.3, -0.25) is 9.59 Å². The normalized spacial score (nSPS) is 24.4. The molecule has 3 rings (SSSR count). The summed E-state index contributed by atoms with van der Waals surface area (Å²) in [4.78, 5) is 28.6. The summed E-state index contributed by atoms with van der Waals surface area (Å²) in [5.41, 5.74) is 6.57. The van der Waals surface area contributed by atoms with Crippen LogP contribution in [0.1, 0.15) is 19.3 Å². The monoisotopic (exact) mass is 351 g/mol. The molecule has 2 amide bonds. The van der Waals surface area contributed by atoms with E-state index in [9.17, 15) is 9.59 Å². The van der Waals surface area contributed by atoms with Gasteiger partial charge in [0.15, 0.2) is 0 Å². The van der Waals surface area contributed by atoms with E-state index in [0.29, 0.717) is 29.5 Å². The molecule has 24 heavy (non-hydrogen) atoms. The standard InChI is InChI=1S/C17H22ClN3O3/c1-24-15-5-4-12(18)8-14(15)21-9-11(7-16(21)22)17(23)20-6-2-3-13(19)10-20/h4-5,8,11,13H,2-3,6-7,9-10,19H2,1H3. The summed E-state index contributed by atoms with van der Waals surface area (Å²) < 4.78 is 5.32. The Morgan fingerprint density at radius 1 is 1.38 bits per heavy atom. The number of piperidine rings is 1. The summed E-state index contributed by atoms with van der Waals surface area (Å²) in [5.74, 6) is 0.157. The van der Waals surface area contributed by atoms with E-state index in [4.69, 9.17) is 22.1 Å². The number of likely N-dealkylation sites (tertiary alicyclic amines) is 1. The molecule has 0 spiro atoms. The molecule has 0 saturated carbocycles. The second-order valence-corrected chi connectivity index (χ2v) is 6.84. The molecule has 2 unspecified atom stereocenters. The van der Waals surface area contributed by atoms with Gasteiger partial charge in [0.2, 0.25) is 11.8 Å². The van der Waals surface area contributed by atoms with Crippen LogP contribution in [0.5, 0.6) is 5.75 Å². The first-order chi connectivity index (χ1) is 11.5. The van der Waals surface area contributed by atoms with E-state index in [0.717, 1.165) is 19.4 Å². The predicted molar refractivity (Wildman–Crippen MR) is 92.3 cm³/mol. The Hall–Kier alpha value is -1.79. The Kier molecular flexibility index (Phi) is 4.96. The van der Waals surface area contributed by atoms with Gasteiger partial charge in [0.25, 0.3) is 0 Å². The molecule has 6 nitrogen and oxygen atoms in total. The number of nitrogens with two attached hydrogens (primary N) is 1. The molecule has 0 aliphatic carbocycles. The smallest absolute Gasteiger partial charge is 0.228 e. The second kappa shape index (κ2) is 6.99. The summed E-state index contributed by atoms with van der Waals surface area (Å²) in [6, 6.07) is 5.16. The van der Waals surface area contributed by atoms with Crippen molar-refractivity contribution in [3.8, 4) is 5.75 Å². The van der Waals surface area contributed by atoms with Gasteiger partial charge in [0.05, 0.1) is 18.7 Å². The molecule has 2 aliphatic heterocycles. The van der Waals surface area contributed by atoms with Crippen LogP contribution in [0.25, 0.3) is 0 Å². The Labute approximate surface area is 146 Å². The summed E-state index contributed by atoms with van der Waals surface area (Å²) in [5, 5.41) is 0.524. The molecule has 7 heteroatoms. The van der Waals surface area contributed by atoms with E-state index < -0.39 is 0 Å². The Balaban J connectivity index is 1.76. The Morgan fingerprint density at radius 2 is 2.17 bits per heavy atom. The molecule has 1 aromatic carbocycles. The zero-order valence-corrected chi connectivity index (χ0v) is 14.5. The first-order valence-corrected chi connectivity index (χ1v) is 8.55. The number of hydrogen-bond acceptors (Lipinski definition) is 4. The highest BCUT2D eigenvalue weighted by molar-refractivity contribution is 6.31. The number of ether oxygens (including phenoxy) is 1. The van der Waals surface area contributed by atoms with Gasteiger partial charge in [-0.1, -0.05) is 11.6 Å². The lowest BCUT2D eigenvalue weighted by atomic mass is 10.0. The van der Waals surface area contributed by atoms with Gasteiger partial charge in [-0.05, 0) is 31.0 Å². The zero-order chi connectivity index (χ0) is 17.3. The molecular formula is C17H22ClN3O3. The van der Waals surface area contributed by atoms with Crippen LogP contribution < -0.4 is 15.4 Å². The average Bonchev–Trinajstić information content (AvgIpc) is 2.95. The van der Waals surface area contributed by atoms with Crippen molar-refractivity contribution in [2.24, 2.45) is 11.7 Å². The zero-order valence-electron chi connectivity index (χ0n) is 13.7. The molecule has 2 atom stereocenters. The van der Waals surface area contributed by atoms with Crippen LogP contribution in [-0.2, 0) is 9.59 Å². The Bertz CT molecular complexity index is 652. The summed E-state index contributed by atoms with van der Waals surface area (Å²) in [6.07, 6.45) is 2.07. The van der Waals surface area contributed by atoms with E-state index in [1.807, 2.05) is 0 Å². The number of hydrogen-bond donors (Lipinski definition) is 1. The highest BCUT2D eigenvalue weighted by Crippen LogP contribution is 2.35.